The largest absolute Gasteiger partial charge is 0.378 e. The van der Waals surface area contributed by atoms with Crippen molar-refractivity contribution in [2.45, 2.75) is 44.7 Å². The molecule has 0 spiro atoms. The zero-order valence-corrected chi connectivity index (χ0v) is 16.2. The Kier molecular flexibility index (Phi) is 4.23. The monoisotopic (exact) mass is 369 g/mol. The van der Waals surface area contributed by atoms with Gasteiger partial charge in [-0.2, -0.15) is 4.57 Å². The minimum atomic E-state index is -0.0913. The summed E-state index contributed by atoms with van der Waals surface area (Å²) in [4.78, 5) is 13.1. The Balaban J connectivity index is 1.41. The smallest absolute Gasteiger partial charge is 0.230 e. The van der Waals surface area contributed by atoms with Crippen molar-refractivity contribution in [1.82, 2.24) is 0 Å². The summed E-state index contributed by atoms with van der Waals surface area (Å²) in [7, 11) is 0. The number of fused-ring (bicyclic) bond motifs is 2. The fourth-order valence-corrected chi connectivity index (χ4v) is 4.61. The molecule has 1 aliphatic carbocycles. The Morgan fingerprint density at radius 1 is 0.964 bits per heavy atom. The minimum absolute atomic E-state index is 0.0913. The third-order valence-corrected chi connectivity index (χ3v) is 6.18. The number of ketones is 1. The van der Waals surface area contributed by atoms with Crippen LogP contribution in [0.4, 0.5) is 5.69 Å². The van der Waals surface area contributed by atoms with Crippen molar-refractivity contribution in [3.05, 3.63) is 94.8 Å². The number of nitrogens with one attached hydrogen (secondary N) is 1. The summed E-state index contributed by atoms with van der Waals surface area (Å²) in [5.74, 6) is 0.251. The molecular formula is C25H25N2O+. The van der Waals surface area contributed by atoms with Crippen LogP contribution in [-0.4, -0.2) is 5.78 Å². The first kappa shape index (κ1) is 17.2. The summed E-state index contributed by atoms with van der Waals surface area (Å²) >= 11 is 0. The zero-order chi connectivity index (χ0) is 19.1. The number of pyridine rings is 1. The van der Waals surface area contributed by atoms with E-state index in [1.54, 1.807) is 0 Å². The van der Waals surface area contributed by atoms with Gasteiger partial charge in [0, 0.05) is 29.3 Å². The molecule has 3 nitrogen and oxygen atoms in total. The van der Waals surface area contributed by atoms with Crippen molar-refractivity contribution in [2.24, 2.45) is 0 Å². The summed E-state index contributed by atoms with van der Waals surface area (Å²) in [6.07, 6.45) is 8.19. The lowest BCUT2D eigenvalue weighted by Crippen LogP contribution is -2.46. The Morgan fingerprint density at radius 2 is 1.79 bits per heavy atom. The van der Waals surface area contributed by atoms with Gasteiger partial charge >= 0.3 is 0 Å². The molecule has 0 bridgehead atoms. The molecule has 0 saturated carbocycles. The van der Waals surface area contributed by atoms with Gasteiger partial charge in [-0.3, -0.25) is 4.79 Å². The van der Waals surface area contributed by atoms with Crippen LogP contribution in [0.3, 0.4) is 0 Å². The van der Waals surface area contributed by atoms with E-state index in [9.17, 15) is 4.79 Å². The number of anilines is 1. The molecule has 28 heavy (non-hydrogen) atoms. The maximum Gasteiger partial charge on any atom is 0.230 e. The number of benzene rings is 2. The Bertz CT molecular complexity index is 1040. The highest BCUT2D eigenvalue weighted by Gasteiger charge is 2.35. The normalized spacial score (nSPS) is 20.8. The van der Waals surface area contributed by atoms with Crippen molar-refractivity contribution in [3.63, 3.8) is 0 Å². The molecule has 1 aliphatic heterocycles. The van der Waals surface area contributed by atoms with Gasteiger partial charge in [0.05, 0.1) is 6.04 Å². The molecule has 2 atom stereocenters. The van der Waals surface area contributed by atoms with Crippen molar-refractivity contribution in [2.75, 3.05) is 5.32 Å². The average Bonchev–Trinajstić information content (AvgIpc) is 2.74. The summed E-state index contributed by atoms with van der Waals surface area (Å²) in [6, 6.07) is 19.3. The molecule has 2 heterocycles. The maximum atomic E-state index is 13.1. The molecule has 3 heteroatoms. The SMILES string of the molecule is Cc1ccc2c(c1)C(=O)C([n+]1ccc3c(c1)CCC(c1ccccc1)N3)CC2. The number of carbonyl (C=O) groups is 1. The van der Waals surface area contributed by atoms with Crippen LogP contribution in [0.15, 0.2) is 67.0 Å². The van der Waals surface area contributed by atoms with Crippen LogP contribution in [0, 0.1) is 6.92 Å². The molecule has 2 aliphatic rings. The number of rotatable bonds is 2. The van der Waals surface area contributed by atoms with Gasteiger partial charge in [-0.05, 0) is 43.4 Å². The summed E-state index contributed by atoms with van der Waals surface area (Å²) in [5, 5.41) is 3.68. The van der Waals surface area contributed by atoms with E-state index in [4.69, 9.17) is 0 Å². The highest BCUT2D eigenvalue weighted by molar-refractivity contribution is 6.00. The second-order valence-electron chi connectivity index (χ2n) is 8.06. The third kappa shape index (κ3) is 3.01. The predicted molar refractivity (Wildman–Crippen MR) is 111 cm³/mol. The number of Topliss-reactive ketones (excluding diaryl/α,β-unsaturated/α-hetero) is 1. The molecule has 140 valence electrons. The van der Waals surface area contributed by atoms with E-state index < -0.39 is 0 Å². The van der Waals surface area contributed by atoms with E-state index in [-0.39, 0.29) is 11.8 Å². The first-order valence-electron chi connectivity index (χ1n) is 10.2. The van der Waals surface area contributed by atoms with Gasteiger partial charge in [0.25, 0.3) is 0 Å². The van der Waals surface area contributed by atoms with Crippen LogP contribution in [0.2, 0.25) is 0 Å². The molecule has 1 N–H and O–H groups in total. The molecule has 0 saturated heterocycles. The van der Waals surface area contributed by atoms with E-state index in [0.29, 0.717) is 6.04 Å². The molecule has 2 unspecified atom stereocenters. The molecular weight excluding hydrogens is 344 g/mol. The lowest BCUT2D eigenvalue weighted by Gasteiger charge is -2.27. The van der Waals surface area contributed by atoms with Crippen molar-refractivity contribution in [1.29, 1.82) is 0 Å². The topological polar surface area (TPSA) is 33.0 Å². The van der Waals surface area contributed by atoms with Gasteiger partial charge < -0.3 is 5.32 Å². The van der Waals surface area contributed by atoms with Gasteiger partial charge in [-0.1, -0.05) is 48.0 Å². The first-order chi connectivity index (χ1) is 13.7. The second-order valence-corrected chi connectivity index (χ2v) is 8.06. The molecule has 5 rings (SSSR count). The summed E-state index contributed by atoms with van der Waals surface area (Å²) < 4.78 is 2.14. The fraction of sp³-hybridized carbons (Fsp3) is 0.280. The van der Waals surface area contributed by atoms with Crippen molar-refractivity contribution < 1.29 is 9.36 Å². The van der Waals surface area contributed by atoms with E-state index in [2.05, 4.69) is 83.8 Å². The zero-order valence-electron chi connectivity index (χ0n) is 16.2. The standard InChI is InChI=1S/C25H24N2O/c1-17-7-8-18-10-12-24(25(28)21(18)15-17)27-14-13-23-20(16-27)9-11-22(26-23)19-5-3-2-4-6-19/h2-8,13-16,22,24H,9-12H2,1H3/p+1. The Morgan fingerprint density at radius 3 is 2.64 bits per heavy atom. The van der Waals surface area contributed by atoms with Crippen LogP contribution in [0.1, 0.15) is 57.5 Å². The molecule has 0 radical (unpaired) electrons. The lowest BCUT2D eigenvalue weighted by atomic mass is 9.86. The lowest BCUT2D eigenvalue weighted by molar-refractivity contribution is -0.709. The highest BCUT2D eigenvalue weighted by atomic mass is 16.1. The van der Waals surface area contributed by atoms with Crippen LogP contribution < -0.4 is 9.88 Å². The predicted octanol–water partition coefficient (Wildman–Crippen LogP) is 4.75. The first-order valence-corrected chi connectivity index (χ1v) is 10.2. The van der Waals surface area contributed by atoms with Gasteiger partial charge in [0.1, 0.15) is 0 Å². The summed E-state index contributed by atoms with van der Waals surface area (Å²) in [5.41, 5.74) is 7.08. The molecule has 0 amide bonds. The fourth-order valence-electron chi connectivity index (χ4n) is 4.61. The van der Waals surface area contributed by atoms with Crippen LogP contribution >= 0.6 is 0 Å². The van der Waals surface area contributed by atoms with Gasteiger partial charge in [0.2, 0.25) is 11.8 Å². The number of aromatic nitrogens is 1. The number of aryl methyl sites for hydroxylation is 3. The van der Waals surface area contributed by atoms with Crippen LogP contribution in [0.25, 0.3) is 0 Å². The van der Waals surface area contributed by atoms with E-state index in [1.165, 1.54) is 22.4 Å². The van der Waals surface area contributed by atoms with E-state index in [0.717, 1.165) is 36.8 Å². The maximum absolute atomic E-state index is 13.1. The molecule has 3 aromatic rings. The highest BCUT2D eigenvalue weighted by Crippen LogP contribution is 2.32. The third-order valence-electron chi connectivity index (χ3n) is 6.18. The number of carbonyl (C=O) groups excluding carboxylic acids is 1. The van der Waals surface area contributed by atoms with E-state index >= 15 is 0 Å². The Hall–Kier alpha value is -2.94. The van der Waals surface area contributed by atoms with Gasteiger partial charge in [-0.25, -0.2) is 0 Å². The van der Waals surface area contributed by atoms with Gasteiger partial charge in [0.15, 0.2) is 12.4 Å². The Labute approximate surface area is 166 Å². The molecule has 2 aromatic carbocycles. The van der Waals surface area contributed by atoms with Crippen molar-refractivity contribution >= 4 is 11.5 Å². The number of nitrogens with zero attached hydrogens (tertiary/aromatic N) is 1. The summed E-state index contributed by atoms with van der Waals surface area (Å²) in [6.45, 7) is 2.05. The minimum Gasteiger partial charge on any atom is -0.378 e. The van der Waals surface area contributed by atoms with Crippen LogP contribution in [0.5, 0.6) is 0 Å². The van der Waals surface area contributed by atoms with Crippen molar-refractivity contribution in [3.8, 4) is 0 Å². The number of hydrogen-bond donors (Lipinski definition) is 1. The molecule has 1 aromatic heterocycles. The number of hydrogen-bond acceptors (Lipinski definition) is 2. The van der Waals surface area contributed by atoms with Crippen LogP contribution in [-0.2, 0) is 12.8 Å². The average molecular weight is 369 g/mol. The van der Waals surface area contributed by atoms with E-state index in [1.807, 2.05) is 0 Å². The second kappa shape index (κ2) is 6.90. The quantitative estimate of drug-likeness (QED) is 0.661. The van der Waals surface area contributed by atoms with Gasteiger partial charge in [-0.15, -0.1) is 0 Å². The molecule has 0 fully saturated rings.